The molecule has 4 heteroatoms. The monoisotopic (exact) mass is 299 g/mol. The van der Waals surface area contributed by atoms with Crippen molar-refractivity contribution < 1.29 is 4.79 Å². The van der Waals surface area contributed by atoms with Gasteiger partial charge in [0, 0.05) is 20.0 Å². The average Bonchev–Trinajstić information content (AvgIpc) is 2.44. The molecule has 118 valence electrons. The van der Waals surface area contributed by atoms with Crippen molar-refractivity contribution in [3.63, 3.8) is 0 Å². The summed E-state index contributed by atoms with van der Waals surface area (Å²) in [4.78, 5) is 16.4. The van der Waals surface area contributed by atoms with E-state index in [0.29, 0.717) is 12.8 Å². The summed E-state index contributed by atoms with van der Waals surface area (Å²) in [6, 6.07) is 6.63. The second kappa shape index (κ2) is 6.10. The minimum Gasteiger partial charge on any atom is -0.306 e. The maximum absolute atomic E-state index is 12.4. The number of likely N-dealkylation sites (tertiary alicyclic amines) is 1. The topological polar surface area (TPSA) is 47.3 Å². The van der Waals surface area contributed by atoms with E-state index in [9.17, 15) is 10.1 Å². The summed E-state index contributed by atoms with van der Waals surface area (Å²) in [6.07, 6.45) is 1.37. The smallest absolute Gasteiger partial charge is 0.225 e. The summed E-state index contributed by atoms with van der Waals surface area (Å²) < 4.78 is 0. The van der Waals surface area contributed by atoms with E-state index in [1.807, 2.05) is 13.8 Å². The Balaban J connectivity index is 2.56. The fourth-order valence-corrected chi connectivity index (χ4v) is 3.57. The number of aryl methyl sites for hydroxylation is 3. The van der Waals surface area contributed by atoms with E-state index >= 15 is 0 Å². The van der Waals surface area contributed by atoms with Crippen LogP contribution in [0.1, 0.15) is 36.5 Å². The van der Waals surface area contributed by atoms with Gasteiger partial charge in [0.05, 0.1) is 11.8 Å². The summed E-state index contributed by atoms with van der Waals surface area (Å²) in [5, 5.41) is 9.88. The van der Waals surface area contributed by atoms with Crippen LogP contribution < -0.4 is 4.90 Å². The van der Waals surface area contributed by atoms with Gasteiger partial charge < -0.3 is 4.90 Å². The second-order valence-electron chi connectivity index (χ2n) is 6.55. The summed E-state index contributed by atoms with van der Waals surface area (Å²) >= 11 is 0. The normalized spacial score (nSPS) is 17.8. The van der Waals surface area contributed by atoms with E-state index in [1.54, 1.807) is 11.8 Å². The summed E-state index contributed by atoms with van der Waals surface area (Å²) in [7, 11) is 2.06. The van der Waals surface area contributed by atoms with E-state index in [2.05, 4.69) is 37.1 Å². The first-order valence-electron chi connectivity index (χ1n) is 7.79. The van der Waals surface area contributed by atoms with Crippen LogP contribution in [0.2, 0.25) is 0 Å². The van der Waals surface area contributed by atoms with Gasteiger partial charge in [-0.3, -0.25) is 9.69 Å². The molecule has 2 rings (SSSR count). The SMILES string of the molecule is CC(=O)N(c1c(C)cc(C)cc1C)C1(C#N)CCN(C)CC1. The average molecular weight is 299 g/mol. The van der Waals surface area contributed by atoms with Crippen LogP contribution in [0.3, 0.4) is 0 Å². The Kier molecular flexibility index (Phi) is 4.58. The molecule has 0 radical (unpaired) electrons. The number of carbonyl (C=O) groups is 1. The molecule has 1 fully saturated rings. The fourth-order valence-electron chi connectivity index (χ4n) is 3.57. The Morgan fingerprint density at radius 3 is 2.14 bits per heavy atom. The molecule has 0 bridgehead atoms. The molecule has 22 heavy (non-hydrogen) atoms. The third kappa shape index (κ3) is 2.86. The number of nitriles is 1. The third-order valence-electron chi connectivity index (χ3n) is 4.62. The zero-order chi connectivity index (χ0) is 16.5. The fraction of sp³-hybridized carbons (Fsp3) is 0.556. The molecule has 0 spiro atoms. The van der Waals surface area contributed by atoms with Crippen molar-refractivity contribution in [3.05, 3.63) is 28.8 Å². The predicted molar refractivity (Wildman–Crippen MR) is 88.9 cm³/mol. The first kappa shape index (κ1) is 16.5. The van der Waals surface area contributed by atoms with Crippen molar-refractivity contribution in [1.82, 2.24) is 4.90 Å². The highest BCUT2D eigenvalue weighted by atomic mass is 16.2. The molecule has 1 heterocycles. The Labute approximate surface area is 133 Å². The molecule has 0 saturated carbocycles. The van der Waals surface area contributed by atoms with Gasteiger partial charge >= 0.3 is 0 Å². The van der Waals surface area contributed by atoms with Crippen LogP contribution >= 0.6 is 0 Å². The summed E-state index contributed by atoms with van der Waals surface area (Å²) in [5.41, 5.74) is 3.46. The molecule has 0 atom stereocenters. The molecule has 1 aromatic rings. The number of anilines is 1. The highest BCUT2D eigenvalue weighted by Crippen LogP contribution is 2.37. The Hall–Kier alpha value is -1.86. The Morgan fingerprint density at radius 1 is 1.23 bits per heavy atom. The maximum Gasteiger partial charge on any atom is 0.225 e. The van der Waals surface area contributed by atoms with E-state index in [4.69, 9.17) is 0 Å². The zero-order valence-corrected chi connectivity index (χ0v) is 14.2. The number of hydrogen-bond donors (Lipinski definition) is 0. The van der Waals surface area contributed by atoms with Gasteiger partial charge in [0.2, 0.25) is 5.91 Å². The van der Waals surface area contributed by atoms with Gasteiger partial charge in [-0.1, -0.05) is 17.7 Å². The van der Waals surface area contributed by atoms with Crippen molar-refractivity contribution >= 4 is 11.6 Å². The highest BCUT2D eigenvalue weighted by Gasteiger charge is 2.43. The van der Waals surface area contributed by atoms with E-state index < -0.39 is 5.54 Å². The van der Waals surface area contributed by atoms with Crippen molar-refractivity contribution in [2.45, 2.75) is 46.1 Å². The molecular weight excluding hydrogens is 274 g/mol. The lowest BCUT2D eigenvalue weighted by molar-refractivity contribution is -0.117. The first-order valence-corrected chi connectivity index (χ1v) is 7.79. The molecule has 4 nitrogen and oxygen atoms in total. The number of piperidine rings is 1. The number of nitrogens with zero attached hydrogens (tertiary/aromatic N) is 3. The molecule has 1 saturated heterocycles. The molecule has 0 aliphatic carbocycles. The second-order valence-corrected chi connectivity index (χ2v) is 6.55. The van der Waals surface area contributed by atoms with Crippen LogP contribution in [0.25, 0.3) is 0 Å². The van der Waals surface area contributed by atoms with Gasteiger partial charge in [0.15, 0.2) is 0 Å². The van der Waals surface area contributed by atoms with E-state index in [0.717, 1.165) is 29.9 Å². The van der Waals surface area contributed by atoms with Crippen molar-refractivity contribution in [2.75, 3.05) is 25.0 Å². The number of benzene rings is 1. The van der Waals surface area contributed by atoms with Crippen LogP contribution in [-0.2, 0) is 4.79 Å². The minimum atomic E-state index is -0.733. The standard InChI is InChI=1S/C18H25N3O/c1-13-10-14(2)17(15(3)11-13)21(16(4)22)18(12-19)6-8-20(5)9-7-18/h10-11H,6-9H2,1-5H3. The number of carbonyl (C=O) groups excluding carboxylic acids is 1. The van der Waals surface area contributed by atoms with Crippen molar-refractivity contribution in [2.24, 2.45) is 0 Å². The van der Waals surface area contributed by atoms with Crippen LogP contribution in [0.15, 0.2) is 12.1 Å². The van der Waals surface area contributed by atoms with Gasteiger partial charge in [-0.15, -0.1) is 0 Å². The van der Waals surface area contributed by atoms with Gasteiger partial charge in [0.25, 0.3) is 0 Å². The lowest BCUT2D eigenvalue weighted by Crippen LogP contribution is -2.56. The van der Waals surface area contributed by atoms with Crippen LogP contribution in [0, 0.1) is 32.1 Å². The molecule has 1 aliphatic rings. The number of hydrogen-bond acceptors (Lipinski definition) is 3. The molecule has 1 aliphatic heterocycles. The van der Waals surface area contributed by atoms with Gasteiger partial charge in [-0.05, 0) is 51.8 Å². The third-order valence-corrected chi connectivity index (χ3v) is 4.62. The van der Waals surface area contributed by atoms with E-state index in [-0.39, 0.29) is 5.91 Å². The summed E-state index contributed by atoms with van der Waals surface area (Å²) in [6.45, 7) is 9.33. The maximum atomic E-state index is 12.4. The Bertz CT molecular complexity index is 599. The van der Waals surface area contributed by atoms with Crippen LogP contribution in [-0.4, -0.2) is 36.5 Å². The van der Waals surface area contributed by atoms with Gasteiger partial charge in [-0.2, -0.15) is 5.26 Å². The van der Waals surface area contributed by atoms with Crippen molar-refractivity contribution in [3.8, 4) is 6.07 Å². The van der Waals surface area contributed by atoms with Crippen LogP contribution in [0.4, 0.5) is 5.69 Å². The summed E-state index contributed by atoms with van der Waals surface area (Å²) in [5.74, 6) is -0.0545. The molecular formula is C18H25N3O. The first-order chi connectivity index (χ1) is 10.3. The molecule has 0 unspecified atom stereocenters. The molecule has 1 amide bonds. The quantitative estimate of drug-likeness (QED) is 0.843. The lowest BCUT2D eigenvalue weighted by Gasteiger charge is -2.44. The molecule has 1 aromatic carbocycles. The highest BCUT2D eigenvalue weighted by molar-refractivity contribution is 5.95. The lowest BCUT2D eigenvalue weighted by atomic mass is 9.85. The number of rotatable bonds is 2. The Morgan fingerprint density at radius 2 is 1.73 bits per heavy atom. The van der Waals surface area contributed by atoms with Crippen LogP contribution in [0.5, 0.6) is 0 Å². The number of amides is 1. The van der Waals surface area contributed by atoms with Crippen molar-refractivity contribution in [1.29, 1.82) is 5.26 Å². The van der Waals surface area contributed by atoms with Gasteiger partial charge in [0.1, 0.15) is 5.54 Å². The van der Waals surface area contributed by atoms with E-state index in [1.165, 1.54) is 5.56 Å². The largest absolute Gasteiger partial charge is 0.306 e. The predicted octanol–water partition coefficient (Wildman–Crippen LogP) is 2.95. The minimum absolute atomic E-state index is 0.0545. The molecule has 0 N–H and O–H groups in total. The zero-order valence-electron chi connectivity index (χ0n) is 14.2. The molecule has 0 aromatic heterocycles. The van der Waals surface area contributed by atoms with Gasteiger partial charge in [-0.25, -0.2) is 0 Å².